The maximum atomic E-state index is 13.4. The summed E-state index contributed by atoms with van der Waals surface area (Å²) >= 11 is 0. The number of aliphatic hydroxyl groups excluding tert-OH is 1. The van der Waals surface area contributed by atoms with Crippen molar-refractivity contribution in [3.05, 3.63) is 65.7 Å². The number of rotatable bonds is 5. The van der Waals surface area contributed by atoms with Crippen LogP contribution in [0, 0.1) is 6.92 Å². The van der Waals surface area contributed by atoms with E-state index in [1.54, 1.807) is 54.2 Å². The van der Waals surface area contributed by atoms with E-state index in [2.05, 4.69) is 15.0 Å². The Morgan fingerprint density at radius 1 is 1.12 bits per heavy atom. The first kappa shape index (κ1) is 21.8. The standard InChI is InChI=1S/C23H23F2N5O2/c1-12-4-6-15(23(3,32)22(24)25)8-16(12)19-10-28-21-20(26)29-18(11-30(19)21)14-5-7-17(13(2)31)27-9-14/h4-11,13,22,31-32H,1-3H3,(H2,26,29). The summed E-state index contributed by atoms with van der Waals surface area (Å²) in [5.41, 5.74) is 8.21. The van der Waals surface area contributed by atoms with Crippen LogP contribution in [0.15, 0.2) is 48.9 Å². The summed E-state index contributed by atoms with van der Waals surface area (Å²) < 4.78 is 28.5. The van der Waals surface area contributed by atoms with Crippen molar-refractivity contribution < 1.29 is 19.0 Å². The number of aliphatic hydroxyl groups is 2. The molecule has 0 spiro atoms. The highest BCUT2D eigenvalue weighted by Crippen LogP contribution is 2.34. The van der Waals surface area contributed by atoms with Crippen LogP contribution in [0.1, 0.15) is 36.8 Å². The first-order valence-electron chi connectivity index (χ1n) is 9.99. The molecule has 0 saturated heterocycles. The van der Waals surface area contributed by atoms with Crippen LogP contribution in [-0.2, 0) is 5.60 Å². The molecule has 2 atom stereocenters. The third kappa shape index (κ3) is 3.69. The average molecular weight is 439 g/mol. The molecule has 0 saturated carbocycles. The van der Waals surface area contributed by atoms with Crippen molar-refractivity contribution >= 4 is 11.5 Å². The van der Waals surface area contributed by atoms with E-state index in [4.69, 9.17) is 5.73 Å². The predicted molar refractivity (Wildman–Crippen MR) is 117 cm³/mol. The highest BCUT2D eigenvalue weighted by Gasteiger charge is 2.34. The second-order valence-electron chi connectivity index (χ2n) is 7.97. The number of fused-ring (bicyclic) bond motifs is 1. The zero-order valence-electron chi connectivity index (χ0n) is 17.8. The van der Waals surface area contributed by atoms with Gasteiger partial charge in [0.15, 0.2) is 11.5 Å². The lowest BCUT2D eigenvalue weighted by Crippen LogP contribution is -2.30. The summed E-state index contributed by atoms with van der Waals surface area (Å²) in [7, 11) is 0. The van der Waals surface area contributed by atoms with Crippen molar-refractivity contribution in [2.45, 2.75) is 38.9 Å². The quantitative estimate of drug-likeness (QED) is 0.435. The Morgan fingerprint density at radius 2 is 1.88 bits per heavy atom. The smallest absolute Gasteiger partial charge is 0.270 e. The highest BCUT2D eigenvalue weighted by molar-refractivity contribution is 5.74. The Morgan fingerprint density at radius 3 is 2.50 bits per heavy atom. The molecule has 32 heavy (non-hydrogen) atoms. The van der Waals surface area contributed by atoms with Gasteiger partial charge in [-0.25, -0.2) is 18.7 Å². The van der Waals surface area contributed by atoms with Crippen LogP contribution in [0.5, 0.6) is 0 Å². The minimum absolute atomic E-state index is 0.100. The molecule has 0 aliphatic carbocycles. The van der Waals surface area contributed by atoms with Crippen LogP contribution in [0.3, 0.4) is 0 Å². The van der Waals surface area contributed by atoms with Gasteiger partial charge in [-0.1, -0.05) is 12.1 Å². The Labute approximate surface area is 183 Å². The number of imidazole rings is 1. The van der Waals surface area contributed by atoms with Crippen molar-refractivity contribution in [2.75, 3.05) is 5.73 Å². The lowest BCUT2D eigenvalue weighted by atomic mass is 9.92. The molecule has 7 nitrogen and oxygen atoms in total. The van der Waals surface area contributed by atoms with Crippen molar-refractivity contribution in [3.8, 4) is 22.5 Å². The highest BCUT2D eigenvalue weighted by atomic mass is 19.3. The van der Waals surface area contributed by atoms with Crippen molar-refractivity contribution in [1.82, 2.24) is 19.4 Å². The summed E-state index contributed by atoms with van der Waals surface area (Å²) in [6, 6.07) is 8.21. The maximum Gasteiger partial charge on any atom is 0.270 e. The number of nitrogen functional groups attached to an aromatic ring is 1. The molecule has 166 valence electrons. The predicted octanol–water partition coefficient (Wildman–Crippen LogP) is 3.87. The number of hydrogen-bond acceptors (Lipinski definition) is 6. The van der Waals surface area contributed by atoms with Crippen LogP contribution >= 0.6 is 0 Å². The molecule has 0 bridgehead atoms. The molecular weight excluding hydrogens is 416 g/mol. The molecule has 1 aromatic carbocycles. The molecule has 3 heterocycles. The van der Waals surface area contributed by atoms with Gasteiger partial charge < -0.3 is 15.9 Å². The number of anilines is 1. The fourth-order valence-corrected chi connectivity index (χ4v) is 3.49. The average Bonchev–Trinajstić information content (AvgIpc) is 3.18. The molecule has 2 unspecified atom stereocenters. The molecule has 9 heteroatoms. The van der Waals surface area contributed by atoms with E-state index >= 15 is 0 Å². The molecule has 0 aliphatic heterocycles. The number of nitrogens with zero attached hydrogens (tertiary/aromatic N) is 4. The van der Waals surface area contributed by atoms with E-state index in [1.807, 2.05) is 6.92 Å². The van der Waals surface area contributed by atoms with Gasteiger partial charge in [-0.05, 0) is 50.1 Å². The molecule has 0 fully saturated rings. The minimum Gasteiger partial charge on any atom is -0.387 e. The van der Waals surface area contributed by atoms with Crippen LogP contribution in [0.25, 0.3) is 28.2 Å². The third-order valence-corrected chi connectivity index (χ3v) is 5.55. The number of alkyl halides is 2. The lowest BCUT2D eigenvalue weighted by molar-refractivity contribution is -0.0883. The van der Waals surface area contributed by atoms with E-state index in [9.17, 15) is 19.0 Å². The topological polar surface area (TPSA) is 110 Å². The van der Waals surface area contributed by atoms with Gasteiger partial charge in [0.05, 0.1) is 29.4 Å². The summed E-state index contributed by atoms with van der Waals surface area (Å²) in [5.74, 6) is 0.196. The maximum absolute atomic E-state index is 13.4. The Hall–Kier alpha value is -3.43. The van der Waals surface area contributed by atoms with Crippen LogP contribution in [0.4, 0.5) is 14.6 Å². The van der Waals surface area contributed by atoms with Gasteiger partial charge in [0, 0.05) is 23.5 Å². The van der Waals surface area contributed by atoms with Gasteiger partial charge in [0.2, 0.25) is 0 Å². The van der Waals surface area contributed by atoms with Crippen LogP contribution < -0.4 is 5.73 Å². The van der Waals surface area contributed by atoms with Gasteiger partial charge >= 0.3 is 0 Å². The molecule has 0 radical (unpaired) electrons. The van der Waals surface area contributed by atoms with Gasteiger partial charge in [-0.3, -0.25) is 9.38 Å². The molecule has 4 N–H and O–H groups in total. The number of aromatic nitrogens is 4. The second-order valence-corrected chi connectivity index (χ2v) is 7.97. The third-order valence-electron chi connectivity index (χ3n) is 5.55. The van der Waals surface area contributed by atoms with E-state index in [0.717, 1.165) is 12.5 Å². The first-order chi connectivity index (χ1) is 15.1. The minimum atomic E-state index is -2.94. The zero-order valence-corrected chi connectivity index (χ0v) is 17.8. The Bertz CT molecular complexity index is 1280. The fraction of sp³-hybridized carbons (Fsp3) is 0.261. The van der Waals surface area contributed by atoms with Crippen LogP contribution in [0.2, 0.25) is 0 Å². The Balaban J connectivity index is 1.87. The van der Waals surface area contributed by atoms with E-state index in [-0.39, 0.29) is 11.4 Å². The lowest BCUT2D eigenvalue weighted by Gasteiger charge is -2.23. The summed E-state index contributed by atoms with van der Waals surface area (Å²) in [4.78, 5) is 13.0. The normalized spacial score (nSPS) is 14.6. The van der Waals surface area contributed by atoms with Gasteiger partial charge in [-0.15, -0.1) is 0 Å². The summed E-state index contributed by atoms with van der Waals surface area (Å²) in [5, 5.41) is 19.9. The number of pyridine rings is 1. The number of halogens is 2. The molecule has 4 rings (SSSR count). The van der Waals surface area contributed by atoms with Crippen molar-refractivity contribution in [1.29, 1.82) is 0 Å². The summed E-state index contributed by atoms with van der Waals surface area (Å²) in [6.45, 7) is 4.56. The first-order valence-corrected chi connectivity index (χ1v) is 9.99. The van der Waals surface area contributed by atoms with Gasteiger partial charge in [-0.2, -0.15) is 0 Å². The van der Waals surface area contributed by atoms with E-state index in [0.29, 0.717) is 33.9 Å². The monoisotopic (exact) mass is 439 g/mol. The zero-order chi connectivity index (χ0) is 23.2. The Kier molecular flexibility index (Phi) is 5.39. The SMILES string of the molecule is Cc1ccc(C(C)(O)C(F)F)cc1-c1cnc2c(N)nc(-c3ccc(C(C)O)nc3)cn12. The van der Waals surface area contributed by atoms with E-state index < -0.39 is 18.1 Å². The van der Waals surface area contributed by atoms with Gasteiger partial charge in [0.1, 0.15) is 5.60 Å². The number of benzene rings is 1. The molecule has 4 aromatic rings. The molecule has 0 aliphatic rings. The van der Waals surface area contributed by atoms with Gasteiger partial charge in [0.25, 0.3) is 6.43 Å². The fourth-order valence-electron chi connectivity index (χ4n) is 3.49. The summed E-state index contributed by atoms with van der Waals surface area (Å²) in [6.07, 6.45) is 1.30. The number of hydrogen-bond donors (Lipinski definition) is 3. The van der Waals surface area contributed by atoms with Crippen LogP contribution in [-0.4, -0.2) is 36.0 Å². The molecular formula is C23H23F2N5O2. The van der Waals surface area contributed by atoms with Crippen molar-refractivity contribution in [3.63, 3.8) is 0 Å². The molecule has 0 amide bonds. The number of nitrogens with two attached hydrogens (primary N) is 1. The second kappa shape index (κ2) is 7.92. The largest absolute Gasteiger partial charge is 0.387 e. The molecule has 3 aromatic heterocycles. The van der Waals surface area contributed by atoms with Crippen molar-refractivity contribution in [2.24, 2.45) is 0 Å². The number of aryl methyl sites for hydroxylation is 1. The van der Waals surface area contributed by atoms with E-state index in [1.165, 1.54) is 6.07 Å².